The van der Waals surface area contributed by atoms with E-state index in [1.165, 1.54) is 6.33 Å². The molecule has 2 aromatic heterocycles. The summed E-state index contributed by atoms with van der Waals surface area (Å²) in [6.45, 7) is 1.99. The van der Waals surface area contributed by atoms with Gasteiger partial charge in [-0.05, 0) is 18.6 Å². The van der Waals surface area contributed by atoms with Crippen molar-refractivity contribution < 1.29 is 0 Å². The molecule has 0 aliphatic heterocycles. The van der Waals surface area contributed by atoms with Crippen LogP contribution in [0.15, 0.2) is 30.6 Å². The van der Waals surface area contributed by atoms with E-state index >= 15 is 0 Å². The van der Waals surface area contributed by atoms with Gasteiger partial charge in [-0.15, -0.1) is 0 Å². The first-order valence-electron chi connectivity index (χ1n) is 6.68. The maximum Gasteiger partial charge on any atom is 0.254 e. The fraction of sp³-hybridized carbons (Fsp3) is 0.267. The second-order valence-corrected chi connectivity index (χ2v) is 5.54. The van der Waals surface area contributed by atoms with E-state index in [9.17, 15) is 0 Å². The highest BCUT2D eigenvalue weighted by Crippen LogP contribution is 2.27. The van der Waals surface area contributed by atoms with Crippen molar-refractivity contribution in [2.45, 2.75) is 13.3 Å². The summed E-state index contributed by atoms with van der Waals surface area (Å²) in [4.78, 5) is 10.7. The standard InChI is InChI=1S/C15H16ClN5/c1-10-12(8-11-6-4-5-7-13(11)16)14(20(2)3)21-15(19-10)17-9-18-21/h4-7,9H,8H2,1-3H3. The third kappa shape index (κ3) is 2.45. The normalized spacial score (nSPS) is 11.0. The van der Waals surface area contributed by atoms with Crippen LogP contribution in [0.1, 0.15) is 16.8 Å². The van der Waals surface area contributed by atoms with E-state index in [1.807, 2.05) is 50.2 Å². The van der Waals surface area contributed by atoms with Crippen LogP contribution in [-0.2, 0) is 6.42 Å². The van der Waals surface area contributed by atoms with Crippen molar-refractivity contribution >= 4 is 23.2 Å². The van der Waals surface area contributed by atoms with Gasteiger partial charge in [-0.3, -0.25) is 0 Å². The largest absolute Gasteiger partial charge is 0.362 e. The van der Waals surface area contributed by atoms with E-state index in [2.05, 4.69) is 15.1 Å². The SMILES string of the molecule is Cc1nc2ncnn2c(N(C)C)c1Cc1ccccc1Cl. The molecule has 0 saturated heterocycles. The fourth-order valence-electron chi connectivity index (χ4n) is 2.47. The first-order chi connectivity index (χ1) is 10.1. The first kappa shape index (κ1) is 13.8. The van der Waals surface area contributed by atoms with Crippen LogP contribution < -0.4 is 4.90 Å². The van der Waals surface area contributed by atoms with Gasteiger partial charge < -0.3 is 4.90 Å². The molecule has 5 nitrogen and oxygen atoms in total. The Morgan fingerprint density at radius 3 is 2.71 bits per heavy atom. The quantitative estimate of drug-likeness (QED) is 0.746. The molecule has 0 aliphatic rings. The van der Waals surface area contributed by atoms with Gasteiger partial charge in [-0.25, -0.2) is 4.98 Å². The van der Waals surface area contributed by atoms with Crippen LogP contribution >= 0.6 is 11.6 Å². The van der Waals surface area contributed by atoms with Crippen LogP contribution in [0.5, 0.6) is 0 Å². The third-order valence-electron chi connectivity index (χ3n) is 3.45. The lowest BCUT2D eigenvalue weighted by Crippen LogP contribution is -2.18. The Morgan fingerprint density at radius 1 is 1.24 bits per heavy atom. The molecule has 6 heteroatoms. The Balaban J connectivity index is 2.19. The molecule has 0 amide bonds. The van der Waals surface area contributed by atoms with Gasteiger partial charge in [-0.2, -0.15) is 14.6 Å². The summed E-state index contributed by atoms with van der Waals surface area (Å²) in [6, 6.07) is 7.87. The van der Waals surface area contributed by atoms with Crippen molar-refractivity contribution in [2.75, 3.05) is 19.0 Å². The summed E-state index contributed by atoms with van der Waals surface area (Å²) in [6.07, 6.45) is 2.23. The lowest BCUT2D eigenvalue weighted by atomic mass is 10.0. The van der Waals surface area contributed by atoms with E-state index in [4.69, 9.17) is 11.6 Å². The number of hydrogen-bond acceptors (Lipinski definition) is 4. The molecule has 3 rings (SSSR count). The molecule has 3 aromatic rings. The van der Waals surface area contributed by atoms with E-state index in [1.54, 1.807) is 4.52 Å². The number of fused-ring (bicyclic) bond motifs is 1. The van der Waals surface area contributed by atoms with E-state index in [-0.39, 0.29) is 0 Å². The summed E-state index contributed by atoms with van der Waals surface area (Å²) in [5, 5.41) is 5.04. The van der Waals surface area contributed by atoms with Gasteiger partial charge >= 0.3 is 0 Å². The number of rotatable bonds is 3. The predicted molar refractivity (Wildman–Crippen MR) is 84.1 cm³/mol. The van der Waals surface area contributed by atoms with E-state index < -0.39 is 0 Å². The van der Waals surface area contributed by atoms with Crippen molar-refractivity contribution in [3.8, 4) is 0 Å². The maximum absolute atomic E-state index is 6.29. The summed E-state index contributed by atoms with van der Waals surface area (Å²) in [5.74, 6) is 1.59. The van der Waals surface area contributed by atoms with Crippen molar-refractivity contribution in [1.82, 2.24) is 19.6 Å². The van der Waals surface area contributed by atoms with Gasteiger partial charge in [0.25, 0.3) is 5.78 Å². The Bertz CT molecular complexity index is 794. The van der Waals surface area contributed by atoms with Crippen molar-refractivity contribution in [2.24, 2.45) is 0 Å². The Kier molecular flexibility index (Phi) is 3.51. The highest BCUT2D eigenvalue weighted by atomic mass is 35.5. The zero-order valence-electron chi connectivity index (χ0n) is 12.2. The summed E-state index contributed by atoms with van der Waals surface area (Å²) >= 11 is 6.29. The van der Waals surface area contributed by atoms with E-state index in [0.29, 0.717) is 12.2 Å². The van der Waals surface area contributed by atoms with E-state index in [0.717, 1.165) is 27.7 Å². The first-order valence-corrected chi connectivity index (χ1v) is 7.05. The molecule has 21 heavy (non-hydrogen) atoms. The number of aryl methyl sites for hydroxylation is 1. The van der Waals surface area contributed by atoms with Crippen molar-refractivity contribution in [3.05, 3.63) is 52.4 Å². The van der Waals surface area contributed by atoms with Crippen LogP contribution in [-0.4, -0.2) is 33.7 Å². The molecule has 0 atom stereocenters. The maximum atomic E-state index is 6.29. The van der Waals surface area contributed by atoms with Gasteiger partial charge in [0, 0.05) is 36.8 Å². The number of benzene rings is 1. The number of anilines is 1. The van der Waals surface area contributed by atoms with Gasteiger partial charge in [0.15, 0.2) is 0 Å². The number of halogens is 1. The topological polar surface area (TPSA) is 46.3 Å². The van der Waals surface area contributed by atoms with Gasteiger partial charge in [0.05, 0.1) is 0 Å². The van der Waals surface area contributed by atoms with Gasteiger partial charge in [-0.1, -0.05) is 29.8 Å². The third-order valence-corrected chi connectivity index (χ3v) is 3.82. The Morgan fingerprint density at radius 2 is 2.00 bits per heavy atom. The average Bonchev–Trinajstić information content (AvgIpc) is 2.88. The molecule has 0 radical (unpaired) electrons. The molecule has 1 aromatic carbocycles. The van der Waals surface area contributed by atoms with Crippen LogP contribution in [0, 0.1) is 6.92 Å². The summed E-state index contributed by atoms with van der Waals surface area (Å²) in [7, 11) is 3.98. The lowest BCUT2D eigenvalue weighted by molar-refractivity contribution is 0.863. The zero-order chi connectivity index (χ0) is 15.0. The van der Waals surface area contributed by atoms with Crippen LogP contribution in [0.2, 0.25) is 5.02 Å². The Labute approximate surface area is 128 Å². The van der Waals surface area contributed by atoms with Crippen LogP contribution in [0.3, 0.4) is 0 Å². The highest BCUT2D eigenvalue weighted by molar-refractivity contribution is 6.31. The molecule has 0 unspecified atom stereocenters. The van der Waals surface area contributed by atoms with Crippen LogP contribution in [0.4, 0.5) is 5.82 Å². The van der Waals surface area contributed by atoms with Crippen LogP contribution in [0.25, 0.3) is 5.78 Å². The molecular weight excluding hydrogens is 286 g/mol. The minimum atomic E-state index is 0.610. The second-order valence-electron chi connectivity index (χ2n) is 5.13. The molecule has 0 aliphatic carbocycles. The summed E-state index contributed by atoms with van der Waals surface area (Å²) < 4.78 is 1.76. The molecule has 0 bridgehead atoms. The fourth-order valence-corrected chi connectivity index (χ4v) is 2.67. The highest BCUT2D eigenvalue weighted by Gasteiger charge is 2.17. The molecule has 0 spiro atoms. The monoisotopic (exact) mass is 301 g/mol. The lowest BCUT2D eigenvalue weighted by Gasteiger charge is -2.20. The number of hydrogen-bond donors (Lipinski definition) is 0. The predicted octanol–water partition coefficient (Wildman–Crippen LogP) is 2.74. The van der Waals surface area contributed by atoms with Crippen molar-refractivity contribution in [3.63, 3.8) is 0 Å². The number of nitrogens with zero attached hydrogens (tertiary/aromatic N) is 5. The summed E-state index contributed by atoms with van der Waals surface area (Å²) in [5.41, 5.74) is 3.12. The minimum absolute atomic E-state index is 0.610. The average molecular weight is 302 g/mol. The minimum Gasteiger partial charge on any atom is -0.362 e. The molecule has 2 heterocycles. The molecule has 0 N–H and O–H groups in total. The Hall–Kier alpha value is -2.14. The molecule has 0 fully saturated rings. The number of aromatic nitrogens is 4. The van der Waals surface area contributed by atoms with Crippen molar-refractivity contribution in [1.29, 1.82) is 0 Å². The van der Waals surface area contributed by atoms with Gasteiger partial charge in [0.2, 0.25) is 0 Å². The zero-order valence-corrected chi connectivity index (χ0v) is 13.0. The molecular formula is C15H16ClN5. The smallest absolute Gasteiger partial charge is 0.254 e. The second kappa shape index (κ2) is 5.33. The molecule has 108 valence electrons. The molecule has 0 saturated carbocycles. The van der Waals surface area contributed by atoms with Gasteiger partial charge in [0.1, 0.15) is 12.1 Å².